The summed E-state index contributed by atoms with van der Waals surface area (Å²) in [6, 6.07) is 3.76. The van der Waals surface area contributed by atoms with Crippen LogP contribution >= 0.6 is 27.3 Å². The standard InChI is InChI=1S/C22H23BrN2O4S/c1-11-16(25-19(30-11)14-9-8-13(23)10-24-14)15-17(26)21(2,3)29-22(4,5)18(15)28-20(27)12-6-7-12/h8-10,12H,6-7H2,1-5H3. The number of aromatic nitrogens is 2. The van der Waals surface area contributed by atoms with Gasteiger partial charge in [-0.1, -0.05) is 0 Å². The predicted octanol–water partition coefficient (Wildman–Crippen LogP) is 5.10. The van der Waals surface area contributed by atoms with Crippen LogP contribution in [0.3, 0.4) is 0 Å². The molecule has 1 aliphatic carbocycles. The Morgan fingerprint density at radius 2 is 1.93 bits per heavy atom. The lowest BCUT2D eigenvalue weighted by Crippen LogP contribution is -2.50. The Labute approximate surface area is 187 Å². The van der Waals surface area contributed by atoms with Crippen molar-refractivity contribution in [1.82, 2.24) is 9.97 Å². The maximum absolute atomic E-state index is 13.4. The zero-order valence-corrected chi connectivity index (χ0v) is 19.9. The molecular formula is C22H23BrN2O4S. The number of halogens is 1. The van der Waals surface area contributed by atoms with E-state index in [-0.39, 0.29) is 23.4 Å². The molecule has 3 heterocycles. The second kappa shape index (κ2) is 7.35. The fraction of sp³-hybridized carbons (Fsp3) is 0.455. The van der Waals surface area contributed by atoms with Crippen LogP contribution in [0.2, 0.25) is 0 Å². The topological polar surface area (TPSA) is 78.4 Å². The lowest BCUT2D eigenvalue weighted by molar-refractivity contribution is -0.166. The van der Waals surface area contributed by atoms with Crippen LogP contribution in [0.1, 0.15) is 51.1 Å². The number of hydrogen-bond donors (Lipinski definition) is 0. The summed E-state index contributed by atoms with van der Waals surface area (Å²) in [6.45, 7) is 9.00. The van der Waals surface area contributed by atoms with E-state index < -0.39 is 11.2 Å². The van der Waals surface area contributed by atoms with Gasteiger partial charge < -0.3 is 9.47 Å². The van der Waals surface area contributed by atoms with E-state index >= 15 is 0 Å². The summed E-state index contributed by atoms with van der Waals surface area (Å²) in [5.41, 5.74) is -0.466. The number of thiazole rings is 1. The maximum atomic E-state index is 13.4. The number of rotatable bonds is 4. The smallest absolute Gasteiger partial charge is 0.314 e. The molecule has 0 unspecified atom stereocenters. The highest BCUT2D eigenvalue weighted by molar-refractivity contribution is 9.10. The number of aryl methyl sites for hydroxylation is 1. The molecule has 2 aromatic heterocycles. The number of pyridine rings is 1. The first-order valence-corrected chi connectivity index (χ1v) is 11.4. The summed E-state index contributed by atoms with van der Waals surface area (Å²) in [6.07, 6.45) is 3.34. The number of Topliss-reactive ketones (excluding diaryl/α,β-unsaturated/α-hetero) is 1. The SMILES string of the molecule is Cc1sc(-c2ccc(Br)cn2)nc1C1=C(OC(=O)C2CC2)C(C)(C)OC(C)(C)C1=O. The van der Waals surface area contributed by atoms with E-state index in [0.717, 1.165) is 22.2 Å². The highest BCUT2D eigenvalue weighted by Gasteiger charge is 2.50. The van der Waals surface area contributed by atoms with Crippen molar-refractivity contribution in [2.24, 2.45) is 5.92 Å². The summed E-state index contributed by atoms with van der Waals surface area (Å²) >= 11 is 4.84. The Balaban J connectivity index is 1.86. The van der Waals surface area contributed by atoms with Crippen LogP contribution in [0, 0.1) is 12.8 Å². The summed E-state index contributed by atoms with van der Waals surface area (Å²) in [4.78, 5) is 35.9. The van der Waals surface area contributed by atoms with Gasteiger partial charge >= 0.3 is 5.97 Å². The molecule has 1 saturated carbocycles. The fourth-order valence-electron chi connectivity index (χ4n) is 3.57. The molecule has 0 amide bonds. The molecule has 0 radical (unpaired) electrons. The number of carbonyl (C=O) groups is 2. The first-order chi connectivity index (χ1) is 14.0. The Bertz CT molecular complexity index is 1070. The summed E-state index contributed by atoms with van der Waals surface area (Å²) < 4.78 is 12.7. The Hall–Kier alpha value is -1.90. The summed E-state index contributed by atoms with van der Waals surface area (Å²) in [5, 5.41) is 0.699. The first-order valence-electron chi connectivity index (χ1n) is 9.81. The van der Waals surface area contributed by atoms with Gasteiger partial charge in [-0.15, -0.1) is 11.3 Å². The number of hydrogen-bond acceptors (Lipinski definition) is 7. The van der Waals surface area contributed by atoms with Gasteiger partial charge in [0.1, 0.15) is 16.2 Å². The van der Waals surface area contributed by atoms with Crippen LogP contribution in [0.15, 0.2) is 28.6 Å². The quantitative estimate of drug-likeness (QED) is 0.554. The second-order valence-corrected chi connectivity index (χ2v) is 10.8. The van der Waals surface area contributed by atoms with Crippen molar-refractivity contribution in [3.8, 4) is 10.7 Å². The number of ether oxygens (including phenoxy) is 2. The maximum Gasteiger partial charge on any atom is 0.314 e. The van der Waals surface area contributed by atoms with Gasteiger partial charge in [0.2, 0.25) is 0 Å². The third-order valence-corrected chi connectivity index (χ3v) is 6.61. The fourth-order valence-corrected chi connectivity index (χ4v) is 4.70. The number of nitrogens with zero attached hydrogens (tertiary/aromatic N) is 2. The Morgan fingerprint density at radius 3 is 2.53 bits per heavy atom. The van der Waals surface area contributed by atoms with Crippen molar-refractivity contribution in [1.29, 1.82) is 0 Å². The zero-order valence-electron chi connectivity index (χ0n) is 17.5. The van der Waals surface area contributed by atoms with Gasteiger partial charge in [0, 0.05) is 15.5 Å². The molecule has 30 heavy (non-hydrogen) atoms. The van der Waals surface area contributed by atoms with Crippen molar-refractivity contribution >= 4 is 44.6 Å². The molecule has 0 saturated heterocycles. The zero-order chi connectivity index (χ0) is 21.8. The molecule has 8 heteroatoms. The van der Waals surface area contributed by atoms with Crippen LogP contribution in [-0.2, 0) is 19.1 Å². The first kappa shape index (κ1) is 21.3. The number of ketones is 1. The van der Waals surface area contributed by atoms with Gasteiger partial charge in [0.05, 0.1) is 22.9 Å². The Morgan fingerprint density at radius 1 is 1.23 bits per heavy atom. The van der Waals surface area contributed by atoms with Crippen LogP contribution < -0.4 is 0 Å². The summed E-state index contributed by atoms with van der Waals surface area (Å²) in [7, 11) is 0. The predicted molar refractivity (Wildman–Crippen MR) is 118 cm³/mol. The molecule has 2 aliphatic rings. The molecule has 158 valence electrons. The van der Waals surface area contributed by atoms with Crippen LogP contribution in [0.25, 0.3) is 16.3 Å². The minimum absolute atomic E-state index is 0.0985. The molecule has 1 fully saturated rings. The molecule has 1 aliphatic heterocycles. The average molecular weight is 491 g/mol. The van der Waals surface area contributed by atoms with Crippen molar-refractivity contribution in [3.05, 3.63) is 39.1 Å². The van der Waals surface area contributed by atoms with E-state index in [1.165, 1.54) is 11.3 Å². The van der Waals surface area contributed by atoms with Gasteiger partial charge in [-0.05, 0) is 75.5 Å². The lowest BCUT2D eigenvalue weighted by Gasteiger charge is -2.41. The molecule has 6 nitrogen and oxygen atoms in total. The highest BCUT2D eigenvalue weighted by Crippen LogP contribution is 2.44. The van der Waals surface area contributed by atoms with Gasteiger partial charge in [-0.25, -0.2) is 4.98 Å². The summed E-state index contributed by atoms with van der Waals surface area (Å²) in [5.74, 6) is -0.412. The van der Waals surface area contributed by atoms with E-state index in [4.69, 9.17) is 14.5 Å². The Kier molecular flexibility index (Phi) is 5.23. The normalized spacial score (nSPS) is 20.4. The lowest BCUT2D eigenvalue weighted by atomic mass is 9.84. The minimum atomic E-state index is -1.07. The minimum Gasteiger partial charge on any atom is -0.427 e. The monoisotopic (exact) mass is 490 g/mol. The highest BCUT2D eigenvalue weighted by atomic mass is 79.9. The molecule has 0 aromatic carbocycles. The van der Waals surface area contributed by atoms with E-state index in [0.29, 0.717) is 22.0 Å². The molecular weight excluding hydrogens is 468 g/mol. The van der Waals surface area contributed by atoms with E-state index in [9.17, 15) is 9.59 Å². The number of carbonyl (C=O) groups excluding carboxylic acids is 2. The van der Waals surface area contributed by atoms with Crippen molar-refractivity contribution in [2.45, 2.75) is 58.7 Å². The molecule has 0 spiro atoms. The third kappa shape index (κ3) is 3.88. The van der Waals surface area contributed by atoms with Crippen molar-refractivity contribution in [2.75, 3.05) is 0 Å². The largest absolute Gasteiger partial charge is 0.427 e. The van der Waals surface area contributed by atoms with Crippen LogP contribution in [0.5, 0.6) is 0 Å². The second-order valence-electron chi connectivity index (χ2n) is 8.64. The van der Waals surface area contributed by atoms with Crippen molar-refractivity contribution in [3.63, 3.8) is 0 Å². The van der Waals surface area contributed by atoms with Gasteiger partial charge in [-0.2, -0.15) is 0 Å². The number of esters is 1. The molecule has 0 bridgehead atoms. The van der Waals surface area contributed by atoms with Gasteiger partial charge in [0.25, 0.3) is 0 Å². The average Bonchev–Trinajstić information content (AvgIpc) is 3.43. The van der Waals surface area contributed by atoms with Crippen LogP contribution in [-0.4, -0.2) is 32.9 Å². The molecule has 2 aromatic rings. The van der Waals surface area contributed by atoms with E-state index in [1.807, 2.05) is 32.9 Å². The van der Waals surface area contributed by atoms with Crippen molar-refractivity contribution < 1.29 is 19.1 Å². The van der Waals surface area contributed by atoms with Crippen LogP contribution in [0.4, 0.5) is 0 Å². The molecule has 4 rings (SSSR count). The van der Waals surface area contributed by atoms with Gasteiger partial charge in [-0.3, -0.25) is 14.6 Å². The third-order valence-electron chi connectivity index (χ3n) is 5.15. The molecule has 0 atom stereocenters. The van der Waals surface area contributed by atoms with E-state index in [1.54, 1.807) is 20.0 Å². The molecule has 0 N–H and O–H groups in total. The van der Waals surface area contributed by atoms with Gasteiger partial charge in [0.15, 0.2) is 11.5 Å². The van der Waals surface area contributed by atoms with E-state index in [2.05, 4.69) is 20.9 Å².